The molecule has 1 aromatic carbocycles. The number of amides is 5. The van der Waals surface area contributed by atoms with E-state index in [1.165, 1.54) is 15.8 Å². The number of nitrogens with zero attached hydrogens (tertiary/aromatic N) is 6. The van der Waals surface area contributed by atoms with Crippen molar-refractivity contribution in [1.29, 1.82) is 0 Å². The lowest BCUT2D eigenvalue weighted by atomic mass is 9.84. The topological polar surface area (TPSA) is 254 Å². The van der Waals surface area contributed by atoms with Crippen LogP contribution in [0.5, 0.6) is 0 Å². The van der Waals surface area contributed by atoms with Crippen LogP contribution >= 0.6 is 0 Å². The Morgan fingerprint density at radius 2 is 1.72 bits per heavy atom. The van der Waals surface area contributed by atoms with E-state index < -0.39 is 65.3 Å². The van der Waals surface area contributed by atoms with Crippen LogP contribution in [0.2, 0.25) is 0 Å². The molecule has 4 heterocycles. The van der Waals surface area contributed by atoms with E-state index in [0.717, 1.165) is 43.1 Å². The molecule has 2 fully saturated rings. The highest BCUT2D eigenvalue weighted by Crippen LogP contribution is 2.33. The van der Waals surface area contributed by atoms with Gasteiger partial charge in [0.05, 0.1) is 29.5 Å². The minimum atomic E-state index is -1.37. The predicted molar refractivity (Wildman–Crippen MR) is 221 cm³/mol. The number of aromatic nitrogens is 5. The zero-order valence-electron chi connectivity index (χ0n) is 34.5. The maximum absolute atomic E-state index is 14.9. The maximum atomic E-state index is 14.9. The number of likely N-dealkylation sites (tertiary alicyclic amines) is 1. The van der Waals surface area contributed by atoms with Gasteiger partial charge in [-0.25, -0.2) is 14.5 Å². The third kappa shape index (κ3) is 11.7. The Hall–Kier alpha value is -6.30. The minimum absolute atomic E-state index is 0.0134. The number of Topliss-reactive ketones (excluding diaryl/α,β-unsaturated/α-hetero) is 1. The van der Waals surface area contributed by atoms with Crippen LogP contribution in [0.1, 0.15) is 106 Å². The summed E-state index contributed by atoms with van der Waals surface area (Å²) in [6.45, 7) is 3.40. The molecule has 6 N–H and O–H groups in total. The molecule has 4 atom stereocenters. The first-order chi connectivity index (χ1) is 29.3. The number of ether oxygens (including phenoxy) is 1. The number of unbranched alkanes of at least 4 members (excludes halogenated alkanes) is 1. The van der Waals surface area contributed by atoms with Crippen LogP contribution in [0.15, 0.2) is 67.1 Å². The first-order valence-corrected chi connectivity index (χ1v) is 20.8. The molecule has 1 saturated heterocycles. The molecule has 0 radical (unpaired) electrons. The molecule has 1 saturated carbocycles. The molecule has 18 heteroatoms. The number of hydrogen-bond acceptors (Lipinski definition) is 12. The van der Waals surface area contributed by atoms with Crippen LogP contribution in [0.25, 0.3) is 10.9 Å². The summed E-state index contributed by atoms with van der Waals surface area (Å²) in [6, 6.07) is 9.99. The van der Waals surface area contributed by atoms with E-state index in [-0.39, 0.29) is 44.1 Å². The lowest BCUT2D eigenvalue weighted by Crippen LogP contribution is -2.56. The van der Waals surface area contributed by atoms with Crippen LogP contribution in [0, 0.1) is 5.92 Å². The van der Waals surface area contributed by atoms with Crippen LogP contribution in [0.3, 0.4) is 0 Å². The van der Waals surface area contributed by atoms with Crippen molar-refractivity contribution < 1.29 is 38.6 Å². The van der Waals surface area contributed by atoms with E-state index in [1.54, 1.807) is 44.4 Å². The Kier molecular flexibility index (Phi) is 14.7. The van der Waals surface area contributed by atoms with Gasteiger partial charge in [0.2, 0.25) is 17.6 Å². The van der Waals surface area contributed by atoms with Gasteiger partial charge < -0.3 is 36.4 Å². The number of fused-ring (bicyclic) bond motifs is 1. The molecular formula is C43H54N10O8. The molecule has 1 aliphatic heterocycles. The number of aliphatic hydroxyl groups is 1. The molecule has 5 amide bonds. The van der Waals surface area contributed by atoms with Crippen molar-refractivity contribution in [2.24, 2.45) is 11.7 Å². The van der Waals surface area contributed by atoms with Gasteiger partial charge in [-0.05, 0) is 69.2 Å². The lowest BCUT2D eigenvalue weighted by molar-refractivity contribution is -0.142. The SMILES string of the molecule is CC(C)(O)c1cnnn1[C@H]1C[C@@H](C(=O)NC(CCCCNC(=O)OCc2ccccc2)C(=O)C(N)=O)N(C(=O)[C@@H](CC2CCCCC2)NC(=O)c2ccc3cnccc3n2)C1. The minimum Gasteiger partial charge on any atom is -0.445 e. The quantitative estimate of drug-likeness (QED) is 0.0717. The average Bonchev–Trinajstić information content (AvgIpc) is 3.94. The molecule has 324 valence electrons. The van der Waals surface area contributed by atoms with Crippen LogP contribution < -0.4 is 21.7 Å². The van der Waals surface area contributed by atoms with Gasteiger partial charge in [0.15, 0.2) is 0 Å². The number of hydrogen-bond donors (Lipinski definition) is 5. The van der Waals surface area contributed by atoms with Gasteiger partial charge in [0.1, 0.15) is 30.0 Å². The second-order valence-corrected chi connectivity index (χ2v) is 16.3. The van der Waals surface area contributed by atoms with E-state index in [9.17, 15) is 33.9 Å². The van der Waals surface area contributed by atoms with Gasteiger partial charge in [0.25, 0.3) is 11.8 Å². The van der Waals surface area contributed by atoms with E-state index in [0.29, 0.717) is 30.5 Å². The van der Waals surface area contributed by atoms with Gasteiger partial charge in [0, 0.05) is 37.3 Å². The van der Waals surface area contributed by atoms with Crippen LogP contribution in [-0.4, -0.2) is 102 Å². The largest absolute Gasteiger partial charge is 0.445 e. The van der Waals surface area contributed by atoms with Crippen molar-refractivity contribution in [2.75, 3.05) is 13.1 Å². The van der Waals surface area contributed by atoms with Crippen molar-refractivity contribution in [3.05, 3.63) is 84.1 Å². The first kappa shape index (κ1) is 44.3. The van der Waals surface area contributed by atoms with Crippen molar-refractivity contribution in [3.63, 3.8) is 0 Å². The van der Waals surface area contributed by atoms with Crippen molar-refractivity contribution in [2.45, 2.75) is 114 Å². The standard InChI is InChI=1S/C43H54N10O8/c1-43(2,60)36-24-47-51-53(36)30-22-35(40(57)49-32(37(54)38(44)55)15-9-10-19-46-42(59)61-26-28-13-7-4-8-14-28)52(25-30)41(58)34(21-27-11-5-3-6-12-27)50-39(56)33-17-16-29-23-45-20-18-31(29)48-33/h4,7-8,13-14,16-18,20,23-24,27,30,32,34-35,60H,3,5-6,9-12,15,19,21-22,25-26H2,1-2H3,(H2,44,55)(H,46,59)(H,49,57)(H,50,56)/t30-,32?,34+,35-/m0/s1. The molecule has 61 heavy (non-hydrogen) atoms. The fraction of sp³-hybridized carbons (Fsp3) is 0.488. The fourth-order valence-corrected chi connectivity index (χ4v) is 8.08. The van der Waals surface area contributed by atoms with Crippen molar-refractivity contribution in [3.8, 4) is 0 Å². The van der Waals surface area contributed by atoms with Gasteiger partial charge in [-0.3, -0.25) is 29.0 Å². The lowest BCUT2D eigenvalue weighted by Gasteiger charge is -2.32. The van der Waals surface area contributed by atoms with Crippen LogP contribution in [-0.2, 0) is 36.1 Å². The molecular weight excluding hydrogens is 785 g/mol. The zero-order valence-corrected chi connectivity index (χ0v) is 34.5. The zero-order chi connectivity index (χ0) is 43.5. The molecule has 2 aliphatic rings. The van der Waals surface area contributed by atoms with E-state index in [2.05, 4.69) is 36.2 Å². The number of carbonyl (C=O) groups is 6. The second kappa shape index (κ2) is 20.3. The molecule has 1 unspecified atom stereocenters. The van der Waals surface area contributed by atoms with E-state index in [4.69, 9.17) is 10.5 Å². The Bertz CT molecular complexity index is 2190. The third-order valence-electron chi connectivity index (χ3n) is 11.3. The normalized spacial score (nSPS) is 17.9. The first-order valence-electron chi connectivity index (χ1n) is 20.8. The summed E-state index contributed by atoms with van der Waals surface area (Å²) in [4.78, 5) is 90.6. The summed E-state index contributed by atoms with van der Waals surface area (Å²) < 4.78 is 6.72. The summed E-state index contributed by atoms with van der Waals surface area (Å²) in [5.74, 6) is -3.90. The molecule has 3 aromatic heterocycles. The molecule has 18 nitrogen and oxygen atoms in total. The predicted octanol–water partition coefficient (Wildman–Crippen LogP) is 3.00. The number of benzene rings is 1. The highest BCUT2D eigenvalue weighted by molar-refractivity contribution is 6.37. The number of nitrogens with one attached hydrogen (secondary N) is 3. The van der Waals surface area contributed by atoms with E-state index >= 15 is 0 Å². The van der Waals surface area contributed by atoms with E-state index in [1.807, 2.05) is 30.3 Å². The number of pyridine rings is 2. The number of ketones is 1. The summed E-state index contributed by atoms with van der Waals surface area (Å²) >= 11 is 0. The Morgan fingerprint density at radius 3 is 2.46 bits per heavy atom. The van der Waals surface area contributed by atoms with Crippen molar-refractivity contribution >= 4 is 46.4 Å². The number of rotatable bonds is 18. The molecule has 0 bridgehead atoms. The van der Waals surface area contributed by atoms with Gasteiger partial charge in [-0.2, -0.15) is 0 Å². The van der Waals surface area contributed by atoms with Gasteiger partial charge in [-0.1, -0.05) is 67.6 Å². The molecule has 0 spiro atoms. The fourth-order valence-electron chi connectivity index (χ4n) is 8.08. The van der Waals surface area contributed by atoms with Crippen molar-refractivity contribution in [1.82, 2.24) is 45.8 Å². The Labute approximate surface area is 353 Å². The summed E-state index contributed by atoms with van der Waals surface area (Å²) in [7, 11) is 0. The smallest absolute Gasteiger partial charge is 0.407 e. The number of carbonyl (C=O) groups excluding carboxylic acids is 6. The van der Waals surface area contributed by atoms with Crippen LogP contribution in [0.4, 0.5) is 4.79 Å². The number of primary amides is 1. The molecule has 6 rings (SSSR count). The molecule has 1 aliphatic carbocycles. The highest BCUT2D eigenvalue weighted by atomic mass is 16.5. The monoisotopic (exact) mass is 838 g/mol. The van der Waals surface area contributed by atoms with Gasteiger partial charge in [-0.15, -0.1) is 5.10 Å². The average molecular weight is 839 g/mol. The Balaban J connectivity index is 1.19. The summed E-state index contributed by atoms with van der Waals surface area (Å²) in [5.41, 5.74) is 5.91. The van der Waals surface area contributed by atoms with Gasteiger partial charge >= 0.3 is 6.09 Å². The Morgan fingerprint density at radius 1 is 0.951 bits per heavy atom. The number of alkyl carbamates (subject to hydrolysis) is 1. The number of nitrogens with two attached hydrogens (primary N) is 1. The maximum Gasteiger partial charge on any atom is 0.407 e. The second-order valence-electron chi connectivity index (χ2n) is 16.3. The third-order valence-corrected chi connectivity index (χ3v) is 11.3. The summed E-state index contributed by atoms with van der Waals surface area (Å²) in [6.07, 6.45) is 9.87. The summed E-state index contributed by atoms with van der Waals surface area (Å²) in [5, 5.41) is 28.2. The highest BCUT2D eigenvalue weighted by Gasteiger charge is 2.45. The molecule has 4 aromatic rings.